The van der Waals surface area contributed by atoms with E-state index < -0.39 is 0 Å². The highest BCUT2D eigenvalue weighted by Gasteiger charge is 2.33. The molecule has 0 radical (unpaired) electrons. The highest BCUT2D eigenvalue weighted by atomic mass is 35.5. The maximum atomic E-state index is 12.5. The van der Waals surface area contributed by atoms with Crippen LogP contribution in [0.4, 0.5) is 0 Å². The Kier molecular flexibility index (Phi) is 8.45. The zero-order chi connectivity index (χ0) is 15.5. The molecule has 1 aromatic rings. The molecule has 7 nitrogen and oxygen atoms in total. The number of methoxy groups -OCH3 is 1. The van der Waals surface area contributed by atoms with Crippen LogP contribution in [0.1, 0.15) is 17.9 Å². The highest BCUT2D eigenvalue weighted by molar-refractivity contribution is 5.85. The third-order valence-electron chi connectivity index (χ3n) is 4.46. The van der Waals surface area contributed by atoms with Crippen molar-refractivity contribution in [2.45, 2.75) is 32.0 Å². The number of aryl methyl sites for hydroxylation is 1. The maximum Gasteiger partial charge on any atom is 0.239 e. The topological polar surface area (TPSA) is 70.8 Å². The summed E-state index contributed by atoms with van der Waals surface area (Å²) in [6.45, 7) is 6.71. The minimum atomic E-state index is -0.0894. The van der Waals surface area contributed by atoms with Crippen LogP contribution in [-0.2, 0) is 16.1 Å². The Balaban J connectivity index is 0.00000144. The smallest absolute Gasteiger partial charge is 0.239 e. The Morgan fingerprint density at radius 1 is 1.38 bits per heavy atom. The lowest BCUT2D eigenvalue weighted by atomic mass is 10.1. The summed E-state index contributed by atoms with van der Waals surface area (Å²) in [5.74, 6) is 1.09. The van der Waals surface area contributed by atoms with Gasteiger partial charge in [0.2, 0.25) is 5.91 Å². The number of ether oxygens (including phenoxy) is 1. The Morgan fingerprint density at radius 3 is 2.62 bits per heavy atom. The molecular weight excluding hydrogens is 355 g/mol. The molecule has 2 aliphatic heterocycles. The monoisotopic (exact) mass is 380 g/mol. The van der Waals surface area contributed by atoms with Gasteiger partial charge in [0.1, 0.15) is 0 Å². The predicted octanol–water partition coefficient (Wildman–Crippen LogP) is 0.848. The number of nitrogens with zero attached hydrogens (tertiary/aromatic N) is 3. The molecule has 2 aliphatic rings. The summed E-state index contributed by atoms with van der Waals surface area (Å²) in [7, 11) is 1.70. The number of rotatable bonds is 4. The number of piperazine rings is 1. The molecule has 0 aromatic carbocycles. The molecular formula is C15H26Cl2N4O3. The van der Waals surface area contributed by atoms with E-state index in [-0.39, 0.29) is 42.9 Å². The third kappa shape index (κ3) is 5.07. The van der Waals surface area contributed by atoms with Gasteiger partial charge in [0, 0.05) is 45.9 Å². The number of hydrogen-bond donors (Lipinski definition) is 1. The quantitative estimate of drug-likeness (QED) is 0.834. The summed E-state index contributed by atoms with van der Waals surface area (Å²) < 4.78 is 10.6. The summed E-state index contributed by atoms with van der Waals surface area (Å²) in [5.41, 5.74) is 0.906. The zero-order valence-electron chi connectivity index (χ0n) is 14.1. The van der Waals surface area contributed by atoms with E-state index in [2.05, 4.69) is 15.4 Å². The van der Waals surface area contributed by atoms with Gasteiger partial charge in [-0.1, -0.05) is 5.16 Å². The first-order valence-electron chi connectivity index (χ1n) is 7.85. The number of amides is 1. The van der Waals surface area contributed by atoms with Crippen LogP contribution in [0.2, 0.25) is 0 Å². The van der Waals surface area contributed by atoms with E-state index in [1.807, 2.05) is 17.9 Å². The molecule has 1 amide bonds. The molecule has 2 atom stereocenters. The molecule has 0 bridgehead atoms. The van der Waals surface area contributed by atoms with Crippen LogP contribution in [0, 0.1) is 6.92 Å². The van der Waals surface area contributed by atoms with Gasteiger partial charge in [0.25, 0.3) is 0 Å². The van der Waals surface area contributed by atoms with Crippen LogP contribution in [0.3, 0.4) is 0 Å². The third-order valence-corrected chi connectivity index (χ3v) is 4.46. The van der Waals surface area contributed by atoms with E-state index in [0.29, 0.717) is 0 Å². The maximum absolute atomic E-state index is 12.5. The number of carbonyl (C=O) groups is 1. The molecule has 138 valence electrons. The Bertz CT molecular complexity index is 521. The average molecular weight is 381 g/mol. The van der Waals surface area contributed by atoms with Gasteiger partial charge in [-0.05, 0) is 13.3 Å². The van der Waals surface area contributed by atoms with Gasteiger partial charge in [-0.25, -0.2) is 0 Å². The normalized spacial score (nSPS) is 24.3. The zero-order valence-corrected chi connectivity index (χ0v) is 15.7. The van der Waals surface area contributed by atoms with E-state index in [4.69, 9.17) is 9.26 Å². The van der Waals surface area contributed by atoms with Crippen molar-refractivity contribution in [3.05, 3.63) is 17.5 Å². The molecule has 2 fully saturated rings. The van der Waals surface area contributed by atoms with Crippen molar-refractivity contribution >= 4 is 30.7 Å². The number of halogens is 2. The lowest BCUT2D eigenvalue weighted by Crippen LogP contribution is -2.52. The van der Waals surface area contributed by atoms with Crippen LogP contribution in [0.5, 0.6) is 0 Å². The van der Waals surface area contributed by atoms with E-state index in [1.54, 1.807) is 7.11 Å². The fourth-order valence-corrected chi connectivity index (χ4v) is 3.13. The first-order chi connectivity index (χ1) is 10.7. The van der Waals surface area contributed by atoms with Gasteiger partial charge in [-0.15, -0.1) is 24.8 Å². The van der Waals surface area contributed by atoms with E-state index in [9.17, 15) is 4.79 Å². The largest absolute Gasteiger partial charge is 0.380 e. The van der Waals surface area contributed by atoms with Gasteiger partial charge < -0.3 is 19.5 Å². The molecule has 0 spiro atoms. The number of nitrogens with one attached hydrogen (secondary N) is 1. The van der Waals surface area contributed by atoms with E-state index >= 15 is 0 Å². The fraction of sp³-hybridized carbons (Fsp3) is 0.733. The molecule has 1 aromatic heterocycles. The SMILES string of the molecule is CO[C@@H]1CN[C@H](C(=O)N2CCN(Cc3cc(C)no3)CC2)C1.Cl.Cl. The van der Waals surface area contributed by atoms with Crippen LogP contribution >= 0.6 is 24.8 Å². The molecule has 3 heterocycles. The molecule has 24 heavy (non-hydrogen) atoms. The van der Waals surface area contributed by atoms with Gasteiger partial charge in [0.05, 0.1) is 24.4 Å². The molecule has 0 unspecified atom stereocenters. The molecule has 0 aliphatic carbocycles. The highest BCUT2D eigenvalue weighted by Crippen LogP contribution is 2.15. The average Bonchev–Trinajstić information content (AvgIpc) is 3.16. The van der Waals surface area contributed by atoms with Crippen LogP contribution in [0.25, 0.3) is 0 Å². The molecule has 3 rings (SSSR count). The minimum absolute atomic E-state index is 0. The summed E-state index contributed by atoms with van der Waals surface area (Å²) in [4.78, 5) is 16.7. The standard InChI is InChI=1S/C15H24N4O3.2ClH/c1-11-7-13(22-17-11)10-18-3-5-19(6-4-18)15(20)14-8-12(21-2)9-16-14;;/h7,12,14,16H,3-6,8-10H2,1-2H3;2*1H/t12-,14-;;/m0../s1. The molecule has 0 saturated carbocycles. The number of aromatic nitrogens is 1. The van der Waals surface area contributed by atoms with Crippen molar-refractivity contribution in [1.29, 1.82) is 0 Å². The lowest BCUT2D eigenvalue weighted by molar-refractivity contribution is -0.135. The lowest BCUT2D eigenvalue weighted by Gasteiger charge is -2.35. The second-order valence-corrected chi connectivity index (χ2v) is 6.09. The summed E-state index contributed by atoms with van der Waals surface area (Å²) in [5, 5.41) is 7.16. The summed E-state index contributed by atoms with van der Waals surface area (Å²) in [6.07, 6.45) is 0.928. The Morgan fingerprint density at radius 2 is 2.08 bits per heavy atom. The Hall–Kier alpha value is -0.860. The molecule has 1 N–H and O–H groups in total. The van der Waals surface area contributed by atoms with Crippen molar-refractivity contribution in [3.63, 3.8) is 0 Å². The molecule has 2 saturated heterocycles. The minimum Gasteiger partial charge on any atom is -0.380 e. The van der Waals surface area contributed by atoms with Gasteiger partial charge in [-0.3, -0.25) is 9.69 Å². The predicted molar refractivity (Wildman–Crippen MR) is 94.8 cm³/mol. The Labute approximate surface area is 154 Å². The van der Waals surface area contributed by atoms with Gasteiger partial charge in [-0.2, -0.15) is 0 Å². The van der Waals surface area contributed by atoms with Crippen molar-refractivity contribution in [2.24, 2.45) is 0 Å². The van der Waals surface area contributed by atoms with Gasteiger partial charge >= 0.3 is 0 Å². The van der Waals surface area contributed by atoms with Gasteiger partial charge in [0.15, 0.2) is 5.76 Å². The first-order valence-corrected chi connectivity index (χ1v) is 7.85. The summed E-state index contributed by atoms with van der Waals surface area (Å²) >= 11 is 0. The fourth-order valence-electron chi connectivity index (χ4n) is 3.13. The second-order valence-electron chi connectivity index (χ2n) is 6.09. The van der Waals surface area contributed by atoms with Crippen molar-refractivity contribution in [3.8, 4) is 0 Å². The number of hydrogen-bond acceptors (Lipinski definition) is 6. The van der Waals surface area contributed by atoms with E-state index in [1.165, 1.54) is 0 Å². The van der Waals surface area contributed by atoms with E-state index in [0.717, 1.165) is 57.1 Å². The second kappa shape index (κ2) is 9.58. The van der Waals surface area contributed by atoms with Crippen molar-refractivity contribution in [2.75, 3.05) is 39.8 Å². The van der Waals surface area contributed by atoms with Crippen LogP contribution < -0.4 is 5.32 Å². The van der Waals surface area contributed by atoms with Crippen molar-refractivity contribution in [1.82, 2.24) is 20.3 Å². The first kappa shape index (κ1) is 21.2. The van der Waals surface area contributed by atoms with Crippen LogP contribution in [0.15, 0.2) is 10.6 Å². The number of carbonyl (C=O) groups excluding carboxylic acids is 1. The molecule has 9 heteroatoms. The summed E-state index contributed by atoms with van der Waals surface area (Å²) in [6, 6.07) is 1.87. The van der Waals surface area contributed by atoms with Crippen molar-refractivity contribution < 1.29 is 14.1 Å². The van der Waals surface area contributed by atoms with Crippen LogP contribution in [-0.4, -0.2) is 72.8 Å².